The van der Waals surface area contributed by atoms with Gasteiger partial charge in [-0.1, -0.05) is 149 Å². The van der Waals surface area contributed by atoms with Crippen molar-refractivity contribution in [1.82, 2.24) is 5.32 Å². The molecule has 0 saturated heterocycles. The highest BCUT2D eigenvalue weighted by molar-refractivity contribution is 7.85. The number of hydrogen-bond donors (Lipinski definition) is 3. The Hall–Kier alpha value is -0.660. The van der Waals surface area contributed by atoms with Gasteiger partial charge in [0.05, 0.1) is 17.9 Å². The average molecular weight is 548 g/mol. The topological polar surface area (TPSA) is 104 Å². The highest BCUT2D eigenvalue weighted by Gasteiger charge is 2.26. The molecule has 3 N–H and O–H groups in total. The van der Waals surface area contributed by atoms with Crippen LogP contribution >= 0.6 is 0 Å². The number of carbonyl (C=O) groups excluding carboxylic acids is 1. The molecule has 222 valence electrons. The monoisotopic (exact) mass is 547 g/mol. The summed E-state index contributed by atoms with van der Waals surface area (Å²) in [4.78, 5) is 12.4. The van der Waals surface area contributed by atoms with Gasteiger partial charge in [-0.25, -0.2) is 0 Å². The third-order valence-corrected chi connectivity index (χ3v) is 8.09. The molecule has 0 spiro atoms. The zero-order valence-corrected chi connectivity index (χ0v) is 25.2. The zero-order chi connectivity index (χ0) is 27.6. The molecule has 2 unspecified atom stereocenters. The van der Waals surface area contributed by atoms with Crippen molar-refractivity contribution < 1.29 is 22.9 Å². The number of unbranched alkanes of at least 4 members (excludes halogenated alkanes) is 20. The molecule has 6 nitrogen and oxygen atoms in total. The van der Waals surface area contributed by atoms with Crippen LogP contribution in [-0.4, -0.2) is 41.9 Å². The van der Waals surface area contributed by atoms with E-state index in [1.54, 1.807) is 0 Å². The van der Waals surface area contributed by atoms with E-state index < -0.39 is 28.0 Å². The van der Waals surface area contributed by atoms with Crippen molar-refractivity contribution >= 4 is 16.0 Å². The van der Waals surface area contributed by atoms with E-state index in [0.717, 1.165) is 38.5 Å². The molecule has 37 heavy (non-hydrogen) atoms. The SMILES string of the molecule is CCCCCCCCCCCCCCC(O)C(CS(=O)(=O)O)NC(=O)CCCCCCCCCCCC. The molecule has 0 aliphatic rings. The van der Waals surface area contributed by atoms with Crippen LogP contribution in [0.5, 0.6) is 0 Å². The van der Waals surface area contributed by atoms with Gasteiger partial charge >= 0.3 is 0 Å². The van der Waals surface area contributed by atoms with Gasteiger partial charge in [0.1, 0.15) is 0 Å². The van der Waals surface area contributed by atoms with Crippen LogP contribution in [0.25, 0.3) is 0 Å². The summed E-state index contributed by atoms with van der Waals surface area (Å²) in [5.74, 6) is -0.891. The minimum atomic E-state index is -4.29. The van der Waals surface area contributed by atoms with Gasteiger partial charge in [-0.2, -0.15) is 8.42 Å². The van der Waals surface area contributed by atoms with Crippen molar-refractivity contribution in [3.8, 4) is 0 Å². The fraction of sp³-hybridized carbons (Fsp3) is 0.967. The molecule has 0 aliphatic carbocycles. The normalized spacial score (nSPS) is 13.5. The Morgan fingerprint density at radius 1 is 0.622 bits per heavy atom. The Kier molecular flexibility index (Phi) is 25.2. The molecular weight excluding hydrogens is 486 g/mol. The van der Waals surface area contributed by atoms with E-state index in [1.165, 1.54) is 103 Å². The van der Waals surface area contributed by atoms with Crippen molar-refractivity contribution in [3.05, 3.63) is 0 Å². The maximum Gasteiger partial charge on any atom is 0.266 e. The fourth-order valence-corrected chi connectivity index (χ4v) is 5.68. The molecule has 0 bridgehead atoms. The molecule has 0 rings (SSSR count). The summed E-state index contributed by atoms with van der Waals surface area (Å²) < 4.78 is 32.2. The highest BCUT2D eigenvalue weighted by Crippen LogP contribution is 2.15. The van der Waals surface area contributed by atoms with Gasteiger partial charge < -0.3 is 10.4 Å². The first-order valence-electron chi connectivity index (χ1n) is 15.7. The standard InChI is InChI=1S/C30H61NO5S/c1-3-5-7-9-11-13-15-16-17-19-21-23-25-29(32)28(27-37(34,35)36)31-30(33)26-24-22-20-18-14-12-10-8-6-4-2/h28-29,32H,3-27H2,1-2H3,(H,31,33)(H,34,35,36). The first-order chi connectivity index (χ1) is 17.8. The van der Waals surface area contributed by atoms with E-state index in [0.29, 0.717) is 12.8 Å². The minimum Gasteiger partial charge on any atom is -0.391 e. The van der Waals surface area contributed by atoms with Crippen molar-refractivity contribution in [2.45, 2.75) is 180 Å². The van der Waals surface area contributed by atoms with Crippen LogP contribution in [0, 0.1) is 0 Å². The van der Waals surface area contributed by atoms with E-state index in [9.17, 15) is 22.9 Å². The van der Waals surface area contributed by atoms with Crippen molar-refractivity contribution in [2.75, 3.05) is 5.75 Å². The minimum absolute atomic E-state index is 0.248. The van der Waals surface area contributed by atoms with E-state index in [4.69, 9.17) is 0 Å². The second-order valence-corrected chi connectivity index (χ2v) is 12.6. The maximum absolute atomic E-state index is 12.4. The largest absolute Gasteiger partial charge is 0.391 e. The second-order valence-electron chi connectivity index (χ2n) is 11.1. The van der Waals surface area contributed by atoms with Gasteiger partial charge in [0, 0.05) is 6.42 Å². The average Bonchev–Trinajstić information content (AvgIpc) is 2.84. The predicted molar refractivity (Wildman–Crippen MR) is 157 cm³/mol. The Morgan fingerprint density at radius 2 is 0.973 bits per heavy atom. The Labute approximate surface area is 229 Å². The molecule has 0 saturated carbocycles. The number of aliphatic hydroxyl groups excluding tert-OH is 1. The molecule has 0 aromatic heterocycles. The van der Waals surface area contributed by atoms with Crippen LogP contribution < -0.4 is 5.32 Å². The fourth-order valence-electron chi connectivity index (χ4n) is 4.92. The van der Waals surface area contributed by atoms with Crippen LogP contribution in [0.1, 0.15) is 168 Å². The molecule has 0 aromatic carbocycles. The maximum atomic E-state index is 12.4. The third kappa shape index (κ3) is 26.7. The summed E-state index contributed by atoms with van der Waals surface area (Å²) in [7, 11) is -4.29. The van der Waals surface area contributed by atoms with Gasteiger partial charge in [-0.15, -0.1) is 0 Å². The number of nitrogens with one attached hydrogen (secondary N) is 1. The summed E-state index contributed by atoms with van der Waals surface area (Å²) in [6.45, 7) is 4.46. The summed E-state index contributed by atoms with van der Waals surface area (Å²) >= 11 is 0. The van der Waals surface area contributed by atoms with E-state index in [-0.39, 0.29) is 5.91 Å². The lowest BCUT2D eigenvalue weighted by molar-refractivity contribution is -0.122. The molecule has 0 aliphatic heterocycles. The van der Waals surface area contributed by atoms with Crippen molar-refractivity contribution in [3.63, 3.8) is 0 Å². The van der Waals surface area contributed by atoms with Gasteiger partial charge in [0.25, 0.3) is 10.1 Å². The van der Waals surface area contributed by atoms with Crippen LogP contribution in [0.3, 0.4) is 0 Å². The molecule has 2 atom stereocenters. The van der Waals surface area contributed by atoms with Crippen LogP contribution in [0.2, 0.25) is 0 Å². The lowest BCUT2D eigenvalue weighted by Gasteiger charge is -2.23. The van der Waals surface area contributed by atoms with Gasteiger partial charge in [0.2, 0.25) is 5.91 Å². The van der Waals surface area contributed by atoms with E-state index in [1.807, 2.05) is 0 Å². The molecular formula is C30H61NO5S. The molecule has 0 fully saturated rings. The first-order valence-corrected chi connectivity index (χ1v) is 17.3. The Morgan fingerprint density at radius 3 is 1.35 bits per heavy atom. The number of amides is 1. The second kappa shape index (κ2) is 25.6. The van der Waals surface area contributed by atoms with E-state index >= 15 is 0 Å². The van der Waals surface area contributed by atoms with Crippen LogP contribution in [0.15, 0.2) is 0 Å². The molecule has 7 heteroatoms. The van der Waals surface area contributed by atoms with Crippen LogP contribution in [-0.2, 0) is 14.9 Å². The number of hydrogen-bond acceptors (Lipinski definition) is 4. The molecule has 0 radical (unpaired) electrons. The molecule has 0 heterocycles. The summed E-state index contributed by atoms with van der Waals surface area (Å²) in [6, 6.07) is -0.960. The summed E-state index contributed by atoms with van der Waals surface area (Å²) in [5.41, 5.74) is 0. The van der Waals surface area contributed by atoms with Crippen LogP contribution in [0.4, 0.5) is 0 Å². The highest BCUT2D eigenvalue weighted by atomic mass is 32.2. The van der Waals surface area contributed by atoms with Crippen molar-refractivity contribution in [1.29, 1.82) is 0 Å². The summed E-state index contributed by atoms with van der Waals surface area (Å²) in [6.07, 6.45) is 26.2. The first kappa shape index (κ1) is 36.3. The Balaban J connectivity index is 3.99. The Bertz CT molecular complexity index is 611. The number of carbonyl (C=O) groups is 1. The lowest BCUT2D eigenvalue weighted by atomic mass is 10.0. The van der Waals surface area contributed by atoms with Gasteiger partial charge in [-0.3, -0.25) is 9.35 Å². The quantitative estimate of drug-likeness (QED) is 0.0677. The van der Waals surface area contributed by atoms with E-state index in [2.05, 4.69) is 19.2 Å². The van der Waals surface area contributed by atoms with Crippen molar-refractivity contribution in [2.24, 2.45) is 0 Å². The third-order valence-electron chi connectivity index (χ3n) is 7.31. The smallest absolute Gasteiger partial charge is 0.266 e. The molecule has 0 aromatic rings. The molecule has 1 amide bonds. The lowest BCUT2D eigenvalue weighted by Crippen LogP contribution is -2.47. The zero-order valence-electron chi connectivity index (χ0n) is 24.4. The summed E-state index contributed by atoms with van der Waals surface area (Å²) in [5, 5.41) is 13.2. The predicted octanol–water partition coefficient (Wildman–Crippen LogP) is 8.12. The van der Waals surface area contributed by atoms with Gasteiger partial charge in [-0.05, 0) is 12.8 Å². The number of aliphatic hydroxyl groups is 1. The van der Waals surface area contributed by atoms with Gasteiger partial charge in [0.15, 0.2) is 0 Å². The number of rotatable bonds is 28.